The van der Waals surface area contributed by atoms with Crippen LogP contribution < -0.4 is 4.90 Å². The summed E-state index contributed by atoms with van der Waals surface area (Å²) in [4.78, 5) is 26.7. The molecular formula is C28H25NO4. The van der Waals surface area contributed by atoms with E-state index in [4.69, 9.17) is 0 Å². The molecule has 3 aromatic carbocycles. The fourth-order valence-electron chi connectivity index (χ4n) is 4.88. The molecule has 1 saturated carbocycles. The van der Waals surface area contributed by atoms with Crippen molar-refractivity contribution in [2.45, 2.75) is 39.0 Å². The number of benzene rings is 3. The molecule has 1 fully saturated rings. The van der Waals surface area contributed by atoms with Gasteiger partial charge < -0.3 is 10.2 Å². The average molecular weight is 440 g/mol. The Morgan fingerprint density at radius 1 is 1.03 bits per heavy atom. The summed E-state index contributed by atoms with van der Waals surface area (Å²) >= 11 is 0. The van der Waals surface area contributed by atoms with Gasteiger partial charge in [-0.25, -0.2) is 4.79 Å². The Labute approximate surface area is 192 Å². The Morgan fingerprint density at radius 3 is 2.42 bits per heavy atom. The van der Waals surface area contributed by atoms with Crippen LogP contribution in [0.5, 0.6) is 5.75 Å². The summed E-state index contributed by atoms with van der Waals surface area (Å²) in [6.07, 6.45) is 5.59. The van der Waals surface area contributed by atoms with Gasteiger partial charge in [-0.2, -0.15) is 0 Å². The second-order valence-electron chi connectivity index (χ2n) is 8.88. The molecule has 1 aliphatic carbocycles. The molecule has 3 aromatic rings. The summed E-state index contributed by atoms with van der Waals surface area (Å²) in [5.74, 6) is -1.25. The molecule has 0 atom stereocenters. The highest BCUT2D eigenvalue weighted by molar-refractivity contribution is 6.38. The lowest BCUT2D eigenvalue weighted by Gasteiger charge is -2.28. The number of rotatable bonds is 4. The lowest BCUT2D eigenvalue weighted by atomic mass is 9.77. The van der Waals surface area contributed by atoms with E-state index in [1.54, 1.807) is 11.0 Å². The predicted molar refractivity (Wildman–Crippen MR) is 129 cm³/mol. The van der Waals surface area contributed by atoms with Crippen LogP contribution in [-0.4, -0.2) is 22.1 Å². The normalized spacial score (nSPS) is 16.7. The zero-order chi connectivity index (χ0) is 23.3. The first kappa shape index (κ1) is 21.0. The Hall–Kier alpha value is -3.86. The van der Waals surface area contributed by atoms with Gasteiger partial charge in [0.1, 0.15) is 11.3 Å². The summed E-state index contributed by atoms with van der Waals surface area (Å²) < 4.78 is 0. The maximum Gasteiger partial charge on any atom is 0.339 e. The molecule has 1 amide bonds. The van der Waals surface area contributed by atoms with Crippen molar-refractivity contribution < 1.29 is 19.8 Å². The molecule has 0 bridgehead atoms. The average Bonchev–Trinajstić information content (AvgIpc) is 3.01. The molecule has 33 heavy (non-hydrogen) atoms. The third-order valence-electron chi connectivity index (χ3n) is 6.86. The van der Waals surface area contributed by atoms with Crippen LogP contribution in [0.15, 0.2) is 54.6 Å². The van der Waals surface area contributed by atoms with Crippen LogP contribution in [0.4, 0.5) is 11.4 Å². The van der Waals surface area contributed by atoms with Crippen LogP contribution in [0.1, 0.15) is 63.4 Å². The van der Waals surface area contributed by atoms with Crippen LogP contribution >= 0.6 is 0 Å². The zero-order valence-electron chi connectivity index (χ0n) is 18.6. The second kappa shape index (κ2) is 7.93. The van der Waals surface area contributed by atoms with E-state index in [9.17, 15) is 19.8 Å². The number of nitrogens with zero attached hydrogens (tertiary/aromatic N) is 1. The van der Waals surface area contributed by atoms with E-state index in [0.29, 0.717) is 17.2 Å². The van der Waals surface area contributed by atoms with Gasteiger partial charge in [0.05, 0.1) is 16.9 Å². The molecule has 0 radical (unpaired) electrons. The van der Waals surface area contributed by atoms with Crippen molar-refractivity contribution in [2.75, 3.05) is 4.90 Å². The van der Waals surface area contributed by atoms with E-state index in [1.807, 2.05) is 31.2 Å². The summed E-state index contributed by atoms with van der Waals surface area (Å²) in [7, 11) is 0. The van der Waals surface area contributed by atoms with Gasteiger partial charge in [0.2, 0.25) is 0 Å². The van der Waals surface area contributed by atoms with E-state index < -0.39 is 5.97 Å². The fraction of sp³-hybridized carbons (Fsp3) is 0.214. The molecule has 0 saturated heterocycles. The van der Waals surface area contributed by atoms with E-state index in [2.05, 4.69) is 25.1 Å². The quantitative estimate of drug-likeness (QED) is 0.475. The van der Waals surface area contributed by atoms with Gasteiger partial charge in [-0.1, -0.05) is 36.8 Å². The van der Waals surface area contributed by atoms with Crippen LogP contribution in [0.3, 0.4) is 0 Å². The third kappa shape index (κ3) is 3.41. The number of phenols is 1. The maximum absolute atomic E-state index is 13.8. The van der Waals surface area contributed by atoms with Crippen molar-refractivity contribution in [2.24, 2.45) is 0 Å². The van der Waals surface area contributed by atoms with Gasteiger partial charge in [-0.15, -0.1) is 0 Å². The second-order valence-corrected chi connectivity index (χ2v) is 8.88. The van der Waals surface area contributed by atoms with E-state index in [0.717, 1.165) is 27.9 Å². The molecule has 0 aromatic heterocycles. The summed E-state index contributed by atoms with van der Waals surface area (Å²) in [6, 6.07) is 16.3. The van der Waals surface area contributed by atoms with Crippen molar-refractivity contribution in [1.29, 1.82) is 0 Å². The number of carboxylic acids is 1. The minimum Gasteiger partial charge on any atom is -0.507 e. The van der Waals surface area contributed by atoms with E-state index >= 15 is 0 Å². The van der Waals surface area contributed by atoms with E-state index in [1.165, 1.54) is 37.0 Å². The Bertz CT molecular complexity index is 1330. The lowest BCUT2D eigenvalue weighted by molar-refractivity contribution is -0.112. The molecule has 1 aliphatic heterocycles. The van der Waals surface area contributed by atoms with Gasteiger partial charge in [0.15, 0.2) is 0 Å². The highest BCUT2D eigenvalue weighted by Crippen LogP contribution is 2.46. The van der Waals surface area contributed by atoms with Crippen LogP contribution in [0, 0.1) is 13.8 Å². The number of aryl methyl sites for hydroxylation is 2. The topological polar surface area (TPSA) is 77.8 Å². The number of fused-ring (bicyclic) bond motifs is 1. The molecule has 2 N–H and O–H groups in total. The summed E-state index contributed by atoms with van der Waals surface area (Å²) in [5.41, 5.74) is 6.96. The molecule has 166 valence electrons. The van der Waals surface area contributed by atoms with Gasteiger partial charge in [0, 0.05) is 11.6 Å². The number of aromatic hydroxyl groups is 1. The first-order valence-electron chi connectivity index (χ1n) is 11.2. The number of anilines is 2. The standard InChI is InChI=1S/C28H25NO4/c1-16-6-3-10-20(18-8-5-9-18)22(16)15-23-26-17(2)7-4-11-24(26)29(27(23)31)19-12-13-21(28(32)33)25(30)14-19/h3-4,6-7,10-15,18,30H,5,8-9H2,1-2H3,(H,32,33)/b23-15-. The monoisotopic (exact) mass is 439 g/mol. The minimum absolute atomic E-state index is 0.190. The molecule has 5 heteroatoms. The first-order valence-corrected chi connectivity index (χ1v) is 11.2. The van der Waals surface area contributed by atoms with Crippen LogP contribution in [0.2, 0.25) is 0 Å². The number of carboxylic acid groups (broad SMARTS) is 1. The van der Waals surface area contributed by atoms with Gasteiger partial charge in [0.25, 0.3) is 5.91 Å². The molecule has 5 rings (SSSR count). The summed E-state index contributed by atoms with van der Waals surface area (Å²) in [6.45, 7) is 4.06. The number of aromatic carboxylic acids is 1. The number of hydrogen-bond donors (Lipinski definition) is 2. The number of carbonyl (C=O) groups excluding carboxylic acids is 1. The number of carbonyl (C=O) groups is 2. The third-order valence-corrected chi connectivity index (χ3v) is 6.86. The SMILES string of the molecule is Cc1cccc(C2CCC2)c1/C=C1\C(=O)N(c2ccc(C(=O)O)c(O)c2)c2cccc(C)c21. The minimum atomic E-state index is -1.22. The van der Waals surface area contributed by atoms with Gasteiger partial charge in [-0.05, 0) is 79.1 Å². The molecule has 5 nitrogen and oxygen atoms in total. The van der Waals surface area contributed by atoms with Crippen molar-refractivity contribution >= 4 is 34.9 Å². The molecule has 1 heterocycles. The zero-order valence-corrected chi connectivity index (χ0v) is 18.6. The molecule has 0 unspecified atom stereocenters. The largest absolute Gasteiger partial charge is 0.507 e. The number of hydrogen-bond acceptors (Lipinski definition) is 3. The van der Waals surface area contributed by atoms with E-state index in [-0.39, 0.29) is 17.2 Å². The Balaban J connectivity index is 1.67. The Morgan fingerprint density at radius 2 is 1.76 bits per heavy atom. The smallest absolute Gasteiger partial charge is 0.339 e. The van der Waals surface area contributed by atoms with Crippen molar-refractivity contribution in [3.05, 3.63) is 88.0 Å². The molecule has 0 spiro atoms. The number of amides is 1. The van der Waals surface area contributed by atoms with Crippen LogP contribution in [-0.2, 0) is 4.79 Å². The van der Waals surface area contributed by atoms with Crippen molar-refractivity contribution in [3.63, 3.8) is 0 Å². The summed E-state index contributed by atoms with van der Waals surface area (Å²) in [5, 5.41) is 19.5. The predicted octanol–water partition coefficient (Wildman–Crippen LogP) is 6.19. The fourth-order valence-corrected chi connectivity index (χ4v) is 4.88. The maximum atomic E-state index is 13.8. The first-order chi connectivity index (χ1) is 15.9. The van der Waals surface area contributed by atoms with Gasteiger partial charge in [-0.3, -0.25) is 9.69 Å². The molecular weight excluding hydrogens is 414 g/mol. The highest BCUT2D eigenvalue weighted by Gasteiger charge is 2.35. The van der Waals surface area contributed by atoms with Gasteiger partial charge >= 0.3 is 5.97 Å². The molecule has 2 aliphatic rings. The Kier molecular flexibility index (Phi) is 5.05. The lowest BCUT2D eigenvalue weighted by Crippen LogP contribution is -2.20. The highest BCUT2D eigenvalue weighted by atomic mass is 16.4. The van der Waals surface area contributed by atoms with Crippen LogP contribution in [0.25, 0.3) is 11.6 Å². The van der Waals surface area contributed by atoms with Crippen molar-refractivity contribution in [3.8, 4) is 5.75 Å². The van der Waals surface area contributed by atoms with Crippen molar-refractivity contribution in [1.82, 2.24) is 0 Å².